The number of nitrogens with one attached hydrogen (secondary N) is 1. The molecule has 0 radical (unpaired) electrons. The zero-order valence-corrected chi connectivity index (χ0v) is 10.0. The van der Waals surface area contributed by atoms with E-state index in [1.807, 2.05) is 11.8 Å². The molecule has 0 aromatic heterocycles. The molecule has 0 aromatic carbocycles. The van der Waals surface area contributed by atoms with Crippen molar-refractivity contribution >= 4 is 11.9 Å². The molecule has 0 atom stereocenters. The van der Waals surface area contributed by atoms with Crippen LogP contribution in [0, 0.1) is 0 Å². The standard InChI is InChI=1S/C11H22N4O/c1-2-13-11(12)14-7-6-10(16)15-8-4-3-5-9-15/h2-9H2,1H3,(H3,12,13,14). The molecule has 1 aliphatic rings. The lowest BCUT2D eigenvalue weighted by atomic mass is 10.1. The Balaban J connectivity index is 2.21. The van der Waals surface area contributed by atoms with Gasteiger partial charge in [-0.1, -0.05) is 0 Å². The van der Waals surface area contributed by atoms with Gasteiger partial charge in [-0.05, 0) is 26.2 Å². The van der Waals surface area contributed by atoms with Crippen LogP contribution < -0.4 is 11.1 Å². The Morgan fingerprint density at radius 3 is 2.69 bits per heavy atom. The van der Waals surface area contributed by atoms with Crippen LogP contribution >= 0.6 is 0 Å². The van der Waals surface area contributed by atoms with Crippen molar-refractivity contribution in [3.05, 3.63) is 0 Å². The summed E-state index contributed by atoms with van der Waals surface area (Å²) in [6.45, 7) is 5.02. The Morgan fingerprint density at radius 1 is 1.38 bits per heavy atom. The van der Waals surface area contributed by atoms with Crippen LogP contribution in [0.4, 0.5) is 0 Å². The van der Waals surface area contributed by atoms with E-state index < -0.39 is 0 Å². The second-order valence-corrected chi connectivity index (χ2v) is 3.99. The third kappa shape index (κ3) is 4.51. The normalized spacial score (nSPS) is 17.3. The van der Waals surface area contributed by atoms with Crippen molar-refractivity contribution < 1.29 is 4.79 Å². The summed E-state index contributed by atoms with van der Waals surface area (Å²) in [5, 5.41) is 2.90. The fourth-order valence-electron chi connectivity index (χ4n) is 1.81. The SMILES string of the molecule is CCNC(N)=NCCC(=O)N1CCCCC1. The molecular weight excluding hydrogens is 204 g/mol. The number of piperidine rings is 1. The molecule has 0 aliphatic carbocycles. The van der Waals surface area contributed by atoms with E-state index in [1.54, 1.807) is 0 Å². The molecule has 5 nitrogen and oxygen atoms in total. The Labute approximate surface area is 97.1 Å². The van der Waals surface area contributed by atoms with Crippen molar-refractivity contribution in [3.63, 3.8) is 0 Å². The van der Waals surface area contributed by atoms with Gasteiger partial charge >= 0.3 is 0 Å². The Morgan fingerprint density at radius 2 is 2.06 bits per heavy atom. The minimum absolute atomic E-state index is 0.202. The van der Waals surface area contributed by atoms with Gasteiger partial charge in [-0.2, -0.15) is 0 Å². The lowest BCUT2D eigenvalue weighted by molar-refractivity contribution is -0.131. The van der Waals surface area contributed by atoms with Gasteiger partial charge in [0.15, 0.2) is 5.96 Å². The van der Waals surface area contributed by atoms with Crippen molar-refractivity contribution in [3.8, 4) is 0 Å². The number of carbonyl (C=O) groups is 1. The van der Waals surface area contributed by atoms with Crippen LogP contribution in [0.5, 0.6) is 0 Å². The third-order valence-corrected chi connectivity index (χ3v) is 2.67. The van der Waals surface area contributed by atoms with Gasteiger partial charge in [-0.25, -0.2) is 0 Å². The number of likely N-dealkylation sites (tertiary alicyclic amines) is 1. The average molecular weight is 226 g/mol. The van der Waals surface area contributed by atoms with Crippen molar-refractivity contribution in [2.45, 2.75) is 32.6 Å². The number of nitrogens with two attached hydrogens (primary N) is 1. The number of rotatable bonds is 4. The van der Waals surface area contributed by atoms with Crippen molar-refractivity contribution in [1.29, 1.82) is 0 Å². The second-order valence-electron chi connectivity index (χ2n) is 3.99. The van der Waals surface area contributed by atoms with Crippen LogP contribution in [0.15, 0.2) is 4.99 Å². The van der Waals surface area contributed by atoms with Gasteiger partial charge in [0.25, 0.3) is 0 Å². The summed E-state index contributed by atoms with van der Waals surface area (Å²) in [5.74, 6) is 0.627. The molecule has 1 rings (SSSR count). The number of guanidine groups is 1. The molecule has 92 valence electrons. The van der Waals surface area contributed by atoms with E-state index in [-0.39, 0.29) is 5.91 Å². The van der Waals surface area contributed by atoms with Gasteiger partial charge in [0.05, 0.1) is 6.54 Å². The van der Waals surface area contributed by atoms with E-state index in [1.165, 1.54) is 6.42 Å². The first-order valence-electron chi connectivity index (χ1n) is 6.05. The zero-order valence-electron chi connectivity index (χ0n) is 10.0. The molecule has 1 aliphatic heterocycles. The van der Waals surface area contributed by atoms with Crippen LogP contribution in [-0.4, -0.2) is 42.9 Å². The number of hydrogen-bond acceptors (Lipinski definition) is 2. The molecule has 1 saturated heterocycles. The van der Waals surface area contributed by atoms with Crippen LogP contribution in [0.25, 0.3) is 0 Å². The molecule has 1 heterocycles. The first-order valence-corrected chi connectivity index (χ1v) is 6.05. The minimum atomic E-state index is 0.202. The summed E-state index contributed by atoms with van der Waals surface area (Å²) in [7, 11) is 0. The molecule has 16 heavy (non-hydrogen) atoms. The van der Waals surface area contributed by atoms with E-state index >= 15 is 0 Å². The maximum absolute atomic E-state index is 11.7. The fraction of sp³-hybridized carbons (Fsp3) is 0.818. The summed E-state index contributed by atoms with van der Waals surface area (Å²) in [6.07, 6.45) is 3.98. The Kier molecular flexibility index (Phi) is 5.67. The van der Waals surface area contributed by atoms with Gasteiger partial charge in [0.1, 0.15) is 0 Å². The predicted molar refractivity (Wildman–Crippen MR) is 65.2 cm³/mol. The molecule has 0 saturated carbocycles. The summed E-state index contributed by atoms with van der Waals surface area (Å²) in [5.41, 5.74) is 5.56. The van der Waals surface area contributed by atoms with Crippen LogP contribution in [0.1, 0.15) is 32.6 Å². The first kappa shape index (κ1) is 12.8. The first-order chi connectivity index (χ1) is 7.74. The van der Waals surface area contributed by atoms with Crippen molar-refractivity contribution in [1.82, 2.24) is 10.2 Å². The highest BCUT2D eigenvalue weighted by molar-refractivity contribution is 5.79. The maximum Gasteiger partial charge on any atom is 0.224 e. The minimum Gasteiger partial charge on any atom is -0.370 e. The van der Waals surface area contributed by atoms with E-state index in [4.69, 9.17) is 5.73 Å². The maximum atomic E-state index is 11.7. The van der Waals surface area contributed by atoms with E-state index in [0.29, 0.717) is 18.9 Å². The Bertz CT molecular complexity index is 246. The van der Waals surface area contributed by atoms with E-state index in [0.717, 1.165) is 32.5 Å². The van der Waals surface area contributed by atoms with Crippen LogP contribution in [-0.2, 0) is 4.79 Å². The smallest absolute Gasteiger partial charge is 0.224 e. The quantitative estimate of drug-likeness (QED) is 0.535. The van der Waals surface area contributed by atoms with Crippen LogP contribution in [0.2, 0.25) is 0 Å². The highest BCUT2D eigenvalue weighted by Crippen LogP contribution is 2.09. The lowest BCUT2D eigenvalue weighted by Crippen LogP contribution is -2.36. The molecule has 0 spiro atoms. The molecule has 1 amide bonds. The van der Waals surface area contributed by atoms with Crippen molar-refractivity contribution in [2.24, 2.45) is 10.7 Å². The molecule has 5 heteroatoms. The number of aliphatic imine (C=N–C) groups is 1. The van der Waals surface area contributed by atoms with E-state index in [2.05, 4.69) is 10.3 Å². The summed E-state index contributed by atoms with van der Waals surface area (Å²) in [6, 6.07) is 0. The Hall–Kier alpha value is -1.26. The third-order valence-electron chi connectivity index (χ3n) is 2.67. The second kappa shape index (κ2) is 7.09. The van der Waals surface area contributed by atoms with Gasteiger partial charge in [-0.3, -0.25) is 9.79 Å². The monoisotopic (exact) mass is 226 g/mol. The van der Waals surface area contributed by atoms with Gasteiger partial charge in [-0.15, -0.1) is 0 Å². The number of nitrogens with zero attached hydrogens (tertiary/aromatic N) is 2. The summed E-state index contributed by atoms with van der Waals surface area (Å²) in [4.78, 5) is 17.8. The highest BCUT2D eigenvalue weighted by Gasteiger charge is 2.15. The molecule has 3 N–H and O–H groups in total. The molecule has 1 fully saturated rings. The average Bonchev–Trinajstić information content (AvgIpc) is 2.30. The van der Waals surface area contributed by atoms with Crippen molar-refractivity contribution in [2.75, 3.05) is 26.2 Å². The topological polar surface area (TPSA) is 70.7 Å². The van der Waals surface area contributed by atoms with E-state index in [9.17, 15) is 4.79 Å². The molecule has 0 aromatic rings. The molecular formula is C11H22N4O. The molecule has 0 unspecified atom stereocenters. The number of carbonyl (C=O) groups excluding carboxylic acids is 1. The zero-order chi connectivity index (χ0) is 11.8. The van der Waals surface area contributed by atoms with Gasteiger partial charge < -0.3 is 16.0 Å². The predicted octanol–water partition coefficient (Wildman–Crippen LogP) is 0.313. The number of amides is 1. The summed E-state index contributed by atoms with van der Waals surface area (Å²) < 4.78 is 0. The highest BCUT2D eigenvalue weighted by atomic mass is 16.2. The molecule has 0 bridgehead atoms. The lowest BCUT2D eigenvalue weighted by Gasteiger charge is -2.26. The largest absolute Gasteiger partial charge is 0.370 e. The number of hydrogen-bond donors (Lipinski definition) is 2. The van der Waals surface area contributed by atoms with Gasteiger partial charge in [0.2, 0.25) is 5.91 Å². The fourth-order valence-corrected chi connectivity index (χ4v) is 1.81. The van der Waals surface area contributed by atoms with Crippen LogP contribution in [0.3, 0.4) is 0 Å². The van der Waals surface area contributed by atoms with Gasteiger partial charge in [0, 0.05) is 26.1 Å². The summed E-state index contributed by atoms with van der Waals surface area (Å²) >= 11 is 0.